The van der Waals surface area contributed by atoms with E-state index in [4.69, 9.17) is 10.7 Å². The zero-order valence-corrected chi connectivity index (χ0v) is 13.2. The minimum absolute atomic E-state index is 0.0845. The first-order valence-electron chi connectivity index (χ1n) is 7.00. The van der Waals surface area contributed by atoms with Crippen LogP contribution in [0.5, 0.6) is 0 Å². The molecule has 0 saturated carbocycles. The molecule has 2 N–H and O–H groups in total. The van der Waals surface area contributed by atoms with Gasteiger partial charge in [0.2, 0.25) is 0 Å². The van der Waals surface area contributed by atoms with Gasteiger partial charge in [0.1, 0.15) is 0 Å². The maximum absolute atomic E-state index is 5.99. The van der Waals surface area contributed by atoms with Crippen molar-refractivity contribution in [2.24, 2.45) is 5.73 Å². The Hall–Kier alpha value is -0.610. The highest BCUT2D eigenvalue weighted by Gasteiger charge is 2.19. The number of thiazole rings is 1. The lowest BCUT2D eigenvalue weighted by molar-refractivity contribution is 0.594. The first-order valence-corrected chi connectivity index (χ1v) is 7.82. The number of unbranched alkanes of at least 4 members (excludes halogenated alkanes) is 1. The molecule has 4 heteroatoms. The van der Waals surface area contributed by atoms with Gasteiger partial charge in [0.15, 0.2) is 5.13 Å². The molecule has 3 nitrogen and oxygen atoms in total. The quantitative estimate of drug-likeness (QED) is 0.817. The summed E-state index contributed by atoms with van der Waals surface area (Å²) in [6.45, 7) is 11.9. The molecule has 2 atom stereocenters. The third kappa shape index (κ3) is 3.69. The zero-order chi connectivity index (χ0) is 13.7. The molecule has 1 aromatic heterocycles. The first-order chi connectivity index (χ1) is 8.51. The zero-order valence-electron chi connectivity index (χ0n) is 12.4. The number of hydrogen-bond donors (Lipinski definition) is 1. The molecule has 0 radical (unpaired) electrons. The van der Waals surface area contributed by atoms with Crippen LogP contribution < -0.4 is 10.6 Å². The predicted molar refractivity (Wildman–Crippen MR) is 81.5 cm³/mol. The Morgan fingerprint density at radius 3 is 2.44 bits per heavy atom. The number of aryl methyl sites for hydroxylation is 1. The minimum Gasteiger partial charge on any atom is -0.345 e. The highest BCUT2D eigenvalue weighted by molar-refractivity contribution is 7.15. The average Bonchev–Trinajstić information content (AvgIpc) is 2.71. The summed E-state index contributed by atoms with van der Waals surface area (Å²) in [5.74, 6) is 0. The molecular weight excluding hydrogens is 242 g/mol. The normalized spacial score (nSPS) is 14.6. The van der Waals surface area contributed by atoms with E-state index in [-0.39, 0.29) is 6.04 Å². The average molecular weight is 269 g/mol. The molecule has 1 aromatic rings. The van der Waals surface area contributed by atoms with Crippen LogP contribution in [0.4, 0.5) is 5.13 Å². The summed E-state index contributed by atoms with van der Waals surface area (Å²) in [7, 11) is 0. The van der Waals surface area contributed by atoms with Gasteiger partial charge in [-0.05, 0) is 33.6 Å². The van der Waals surface area contributed by atoms with Gasteiger partial charge < -0.3 is 10.6 Å². The summed E-state index contributed by atoms with van der Waals surface area (Å²) in [5, 5.41) is 1.14. The monoisotopic (exact) mass is 269 g/mol. The van der Waals surface area contributed by atoms with Crippen molar-refractivity contribution in [1.82, 2.24) is 4.98 Å². The number of nitrogens with zero attached hydrogens (tertiary/aromatic N) is 2. The van der Waals surface area contributed by atoms with Gasteiger partial charge in [0.05, 0.1) is 5.69 Å². The largest absolute Gasteiger partial charge is 0.345 e. The first kappa shape index (κ1) is 15.4. The highest BCUT2D eigenvalue weighted by atomic mass is 32.1. The summed E-state index contributed by atoms with van der Waals surface area (Å²) in [4.78, 5) is 8.37. The van der Waals surface area contributed by atoms with Gasteiger partial charge in [-0.1, -0.05) is 20.3 Å². The smallest absolute Gasteiger partial charge is 0.186 e. The van der Waals surface area contributed by atoms with Gasteiger partial charge in [-0.25, -0.2) is 4.98 Å². The molecule has 0 aromatic carbocycles. The van der Waals surface area contributed by atoms with Crippen LogP contribution in [0.25, 0.3) is 0 Å². The van der Waals surface area contributed by atoms with Gasteiger partial charge >= 0.3 is 0 Å². The molecule has 0 spiro atoms. The minimum atomic E-state index is 0.0845. The molecule has 0 amide bonds. The molecule has 0 fully saturated rings. The second-order valence-electron chi connectivity index (χ2n) is 5.04. The van der Waals surface area contributed by atoms with Crippen molar-refractivity contribution in [2.75, 3.05) is 11.4 Å². The standard InChI is InChI=1S/C14H27N3S/c1-6-8-9-17(10(3)7-2)14-16-12(5)13(18-14)11(4)15/h10-11H,6-9,15H2,1-5H3. The van der Waals surface area contributed by atoms with Crippen LogP contribution in [0.2, 0.25) is 0 Å². The Morgan fingerprint density at radius 2 is 2.00 bits per heavy atom. The lowest BCUT2D eigenvalue weighted by atomic mass is 10.2. The van der Waals surface area contributed by atoms with E-state index in [9.17, 15) is 0 Å². The molecule has 0 saturated heterocycles. The van der Waals surface area contributed by atoms with Crippen molar-refractivity contribution in [1.29, 1.82) is 0 Å². The summed E-state index contributed by atoms with van der Waals surface area (Å²) >= 11 is 1.76. The molecule has 0 aliphatic rings. The van der Waals surface area contributed by atoms with Gasteiger partial charge in [0.25, 0.3) is 0 Å². The van der Waals surface area contributed by atoms with Gasteiger partial charge in [0, 0.05) is 23.5 Å². The van der Waals surface area contributed by atoms with Crippen LogP contribution in [0.1, 0.15) is 63.6 Å². The van der Waals surface area contributed by atoms with E-state index >= 15 is 0 Å². The van der Waals surface area contributed by atoms with Crippen molar-refractivity contribution in [3.63, 3.8) is 0 Å². The van der Waals surface area contributed by atoms with E-state index in [0.29, 0.717) is 6.04 Å². The molecule has 18 heavy (non-hydrogen) atoms. The predicted octanol–water partition coefficient (Wildman–Crippen LogP) is 3.88. The van der Waals surface area contributed by atoms with Gasteiger partial charge in [-0.2, -0.15) is 0 Å². The van der Waals surface area contributed by atoms with Crippen LogP contribution >= 0.6 is 11.3 Å². The van der Waals surface area contributed by atoms with E-state index in [1.165, 1.54) is 17.7 Å². The van der Waals surface area contributed by atoms with Crippen LogP contribution in [-0.2, 0) is 0 Å². The van der Waals surface area contributed by atoms with Gasteiger partial charge in [-0.15, -0.1) is 11.3 Å². The summed E-state index contributed by atoms with van der Waals surface area (Å²) in [6, 6.07) is 0.629. The fourth-order valence-corrected chi connectivity index (χ4v) is 3.14. The summed E-state index contributed by atoms with van der Waals surface area (Å²) in [6.07, 6.45) is 3.59. The molecule has 104 valence electrons. The highest BCUT2D eigenvalue weighted by Crippen LogP contribution is 2.31. The van der Waals surface area contributed by atoms with E-state index in [2.05, 4.69) is 32.6 Å². The molecule has 1 heterocycles. The second-order valence-corrected chi connectivity index (χ2v) is 6.05. The molecule has 0 aliphatic heterocycles. The van der Waals surface area contributed by atoms with Crippen molar-refractivity contribution < 1.29 is 0 Å². The van der Waals surface area contributed by atoms with Gasteiger partial charge in [-0.3, -0.25) is 0 Å². The lowest BCUT2D eigenvalue weighted by Crippen LogP contribution is -2.33. The van der Waals surface area contributed by atoms with Crippen LogP contribution in [0.15, 0.2) is 0 Å². The Balaban J connectivity index is 2.94. The number of rotatable bonds is 7. The number of aromatic nitrogens is 1. The van der Waals surface area contributed by atoms with Crippen LogP contribution in [0.3, 0.4) is 0 Å². The Kier molecular flexibility index (Phi) is 6.09. The van der Waals surface area contributed by atoms with E-state index in [1.807, 2.05) is 6.92 Å². The molecule has 2 unspecified atom stereocenters. The van der Waals surface area contributed by atoms with Crippen LogP contribution in [0, 0.1) is 6.92 Å². The topological polar surface area (TPSA) is 42.2 Å². The van der Waals surface area contributed by atoms with E-state index < -0.39 is 0 Å². The Bertz CT molecular complexity index is 360. The SMILES string of the molecule is CCCCN(c1nc(C)c(C(C)N)s1)C(C)CC. The lowest BCUT2D eigenvalue weighted by Gasteiger charge is -2.28. The van der Waals surface area contributed by atoms with Crippen molar-refractivity contribution in [3.8, 4) is 0 Å². The second kappa shape index (κ2) is 7.10. The Morgan fingerprint density at radius 1 is 1.33 bits per heavy atom. The fourth-order valence-electron chi connectivity index (χ4n) is 1.99. The van der Waals surface area contributed by atoms with Crippen molar-refractivity contribution >= 4 is 16.5 Å². The van der Waals surface area contributed by atoms with E-state index in [1.54, 1.807) is 11.3 Å². The summed E-state index contributed by atoms with van der Waals surface area (Å²) in [5.41, 5.74) is 7.08. The van der Waals surface area contributed by atoms with E-state index in [0.717, 1.165) is 23.8 Å². The van der Waals surface area contributed by atoms with Crippen LogP contribution in [-0.4, -0.2) is 17.6 Å². The number of anilines is 1. The summed E-state index contributed by atoms with van der Waals surface area (Å²) < 4.78 is 0. The maximum atomic E-state index is 5.99. The maximum Gasteiger partial charge on any atom is 0.186 e. The number of hydrogen-bond acceptors (Lipinski definition) is 4. The fraction of sp³-hybridized carbons (Fsp3) is 0.786. The van der Waals surface area contributed by atoms with Crippen molar-refractivity contribution in [3.05, 3.63) is 10.6 Å². The molecular formula is C14H27N3S. The molecule has 0 bridgehead atoms. The molecule has 1 rings (SSSR count). The Labute approximate surface area is 115 Å². The third-order valence-electron chi connectivity index (χ3n) is 3.36. The third-order valence-corrected chi connectivity index (χ3v) is 4.75. The van der Waals surface area contributed by atoms with Crippen molar-refractivity contribution in [2.45, 2.75) is 66.0 Å². The molecule has 0 aliphatic carbocycles. The number of nitrogens with two attached hydrogens (primary N) is 1.